The van der Waals surface area contributed by atoms with Crippen molar-refractivity contribution in [2.75, 3.05) is 12.4 Å². The van der Waals surface area contributed by atoms with Crippen LogP contribution >= 0.6 is 11.6 Å². The number of fused-ring (bicyclic) bond motifs is 1. The molecule has 0 bridgehead atoms. The molecule has 5 nitrogen and oxygen atoms in total. The van der Waals surface area contributed by atoms with Gasteiger partial charge in [-0.25, -0.2) is 0 Å². The number of hydrogen-bond donors (Lipinski definition) is 1. The molecule has 1 aliphatic carbocycles. The number of halogens is 1. The molecule has 5 rings (SSSR count). The lowest BCUT2D eigenvalue weighted by Gasteiger charge is -2.34. The number of methoxy groups -OCH3 is 1. The fourth-order valence-electron chi connectivity index (χ4n) is 4.60. The summed E-state index contributed by atoms with van der Waals surface area (Å²) >= 11 is 6.04. The van der Waals surface area contributed by atoms with Gasteiger partial charge in [0.05, 0.1) is 18.4 Å². The molecule has 0 radical (unpaired) electrons. The Labute approximate surface area is 179 Å². The highest BCUT2D eigenvalue weighted by atomic mass is 35.5. The Morgan fingerprint density at radius 1 is 1.13 bits per heavy atom. The lowest BCUT2D eigenvalue weighted by Crippen LogP contribution is -2.29. The van der Waals surface area contributed by atoms with Crippen molar-refractivity contribution in [3.63, 3.8) is 0 Å². The van der Waals surface area contributed by atoms with Crippen LogP contribution in [-0.2, 0) is 4.79 Å². The number of hydrogen-bond acceptors (Lipinski definition) is 5. The van der Waals surface area contributed by atoms with Crippen molar-refractivity contribution in [1.82, 2.24) is 5.16 Å². The molecule has 0 amide bonds. The van der Waals surface area contributed by atoms with Crippen molar-refractivity contribution in [2.24, 2.45) is 0 Å². The summed E-state index contributed by atoms with van der Waals surface area (Å²) in [6.07, 6.45) is 1.19. The summed E-state index contributed by atoms with van der Waals surface area (Å²) in [5.74, 6) is 1.38. The second-order valence-electron chi connectivity index (χ2n) is 7.82. The molecule has 1 aliphatic heterocycles. The molecule has 3 aromatic rings. The Bertz CT molecular complexity index is 1160. The highest BCUT2D eigenvalue weighted by Crippen LogP contribution is 2.49. The third kappa shape index (κ3) is 3.10. The van der Waals surface area contributed by atoms with E-state index in [9.17, 15) is 4.79 Å². The van der Waals surface area contributed by atoms with E-state index < -0.39 is 0 Å². The molecule has 6 heteroatoms. The maximum Gasteiger partial charge on any atom is 0.233 e. The molecular weight excluding hydrogens is 400 g/mol. The third-order valence-corrected chi connectivity index (χ3v) is 6.28. The van der Waals surface area contributed by atoms with E-state index in [2.05, 4.69) is 10.5 Å². The minimum absolute atomic E-state index is 0.0949. The molecule has 2 aromatic carbocycles. The van der Waals surface area contributed by atoms with Crippen LogP contribution in [0.2, 0.25) is 5.02 Å². The number of nitrogens with zero attached hydrogens (tertiary/aromatic N) is 1. The number of ether oxygens (including phenoxy) is 1. The summed E-state index contributed by atoms with van der Waals surface area (Å²) in [6, 6.07) is 15.6. The fourth-order valence-corrected chi connectivity index (χ4v) is 4.72. The lowest BCUT2D eigenvalue weighted by atomic mass is 9.72. The normalized spacial score (nSPS) is 20.4. The van der Waals surface area contributed by atoms with Crippen LogP contribution in [0.25, 0.3) is 0 Å². The molecule has 0 fully saturated rings. The second-order valence-corrected chi connectivity index (χ2v) is 8.25. The van der Waals surface area contributed by atoms with Gasteiger partial charge in [-0.15, -0.1) is 0 Å². The molecule has 30 heavy (non-hydrogen) atoms. The van der Waals surface area contributed by atoms with Gasteiger partial charge in [-0.1, -0.05) is 41.0 Å². The number of aromatic nitrogens is 1. The number of allylic oxidation sites excluding steroid dienone is 2. The SMILES string of the molecule is COc1cccc([C@H]2C3=C(C[C@@H](c4ccc(Cl)cc4)CC3=O)Nc3onc(C)c32)c1. The lowest BCUT2D eigenvalue weighted by molar-refractivity contribution is -0.116. The number of ketones is 1. The highest BCUT2D eigenvalue weighted by Gasteiger charge is 2.41. The van der Waals surface area contributed by atoms with Gasteiger partial charge in [-0.3, -0.25) is 4.79 Å². The van der Waals surface area contributed by atoms with Crippen LogP contribution in [-0.4, -0.2) is 18.0 Å². The number of Topliss-reactive ketones (excluding diaryl/α,β-unsaturated/α-hetero) is 1. The van der Waals surface area contributed by atoms with E-state index >= 15 is 0 Å². The largest absolute Gasteiger partial charge is 0.497 e. The first-order valence-corrected chi connectivity index (χ1v) is 10.3. The first-order valence-electron chi connectivity index (χ1n) is 9.94. The first-order chi connectivity index (χ1) is 14.5. The molecule has 0 saturated heterocycles. The number of carbonyl (C=O) groups excluding carboxylic acids is 1. The molecule has 0 saturated carbocycles. The number of benzene rings is 2. The van der Waals surface area contributed by atoms with Crippen LogP contribution < -0.4 is 10.1 Å². The van der Waals surface area contributed by atoms with Gasteiger partial charge in [0.1, 0.15) is 5.75 Å². The molecule has 2 aliphatic rings. The molecule has 0 spiro atoms. The van der Waals surface area contributed by atoms with E-state index in [1.807, 2.05) is 55.5 Å². The number of anilines is 1. The average molecular weight is 421 g/mol. The smallest absolute Gasteiger partial charge is 0.233 e. The van der Waals surface area contributed by atoms with Gasteiger partial charge < -0.3 is 14.6 Å². The van der Waals surface area contributed by atoms with Crippen molar-refractivity contribution in [1.29, 1.82) is 0 Å². The quantitative estimate of drug-likeness (QED) is 0.597. The third-order valence-electron chi connectivity index (χ3n) is 6.03. The van der Waals surface area contributed by atoms with E-state index in [-0.39, 0.29) is 17.6 Å². The molecule has 1 aromatic heterocycles. The Kier molecular flexibility index (Phi) is 4.63. The Morgan fingerprint density at radius 2 is 1.93 bits per heavy atom. The monoisotopic (exact) mass is 420 g/mol. The summed E-state index contributed by atoms with van der Waals surface area (Å²) in [6.45, 7) is 1.91. The van der Waals surface area contributed by atoms with Gasteiger partial charge in [0, 0.05) is 28.6 Å². The molecular formula is C24H21ClN2O3. The number of carbonyl (C=O) groups is 1. The highest BCUT2D eigenvalue weighted by molar-refractivity contribution is 6.30. The van der Waals surface area contributed by atoms with Crippen molar-refractivity contribution in [2.45, 2.75) is 31.6 Å². The Hall–Kier alpha value is -3.05. The van der Waals surface area contributed by atoms with E-state index in [4.69, 9.17) is 20.9 Å². The van der Waals surface area contributed by atoms with E-state index in [0.29, 0.717) is 17.3 Å². The van der Waals surface area contributed by atoms with Gasteiger partial charge in [-0.05, 0) is 54.7 Å². The van der Waals surface area contributed by atoms with E-state index in [1.165, 1.54) is 0 Å². The topological polar surface area (TPSA) is 64.4 Å². The maximum atomic E-state index is 13.5. The van der Waals surface area contributed by atoms with Gasteiger partial charge >= 0.3 is 0 Å². The summed E-state index contributed by atoms with van der Waals surface area (Å²) in [4.78, 5) is 13.5. The van der Waals surface area contributed by atoms with Crippen molar-refractivity contribution in [3.8, 4) is 5.75 Å². The zero-order valence-corrected chi connectivity index (χ0v) is 17.5. The molecule has 1 N–H and O–H groups in total. The number of nitrogens with one attached hydrogen (secondary N) is 1. The minimum atomic E-state index is -0.226. The molecule has 2 atom stereocenters. The van der Waals surface area contributed by atoms with E-state index in [1.54, 1.807) is 7.11 Å². The Morgan fingerprint density at radius 3 is 2.70 bits per heavy atom. The fraction of sp³-hybridized carbons (Fsp3) is 0.250. The van der Waals surface area contributed by atoms with Crippen LogP contribution in [0.1, 0.15) is 47.1 Å². The number of rotatable bonds is 3. The summed E-state index contributed by atoms with van der Waals surface area (Å²) < 4.78 is 11.0. The predicted molar refractivity (Wildman–Crippen MR) is 115 cm³/mol. The predicted octanol–water partition coefficient (Wildman–Crippen LogP) is 5.60. The summed E-state index contributed by atoms with van der Waals surface area (Å²) in [5.41, 5.74) is 5.51. The molecule has 152 valence electrons. The van der Waals surface area contributed by atoms with Gasteiger partial charge in [0.25, 0.3) is 0 Å². The van der Waals surface area contributed by atoms with Crippen molar-refractivity contribution >= 4 is 23.3 Å². The molecule has 2 heterocycles. The Balaban J connectivity index is 1.61. The van der Waals surface area contributed by atoms with Crippen LogP contribution in [0, 0.1) is 6.92 Å². The van der Waals surface area contributed by atoms with Crippen LogP contribution in [0.5, 0.6) is 5.75 Å². The number of aryl methyl sites for hydroxylation is 1. The van der Waals surface area contributed by atoms with Crippen LogP contribution in [0.4, 0.5) is 5.88 Å². The summed E-state index contributed by atoms with van der Waals surface area (Å²) in [7, 11) is 1.64. The minimum Gasteiger partial charge on any atom is -0.497 e. The van der Waals surface area contributed by atoms with Crippen LogP contribution in [0.15, 0.2) is 64.3 Å². The van der Waals surface area contributed by atoms with Crippen molar-refractivity contribution in [3.05, 3.63) is 87.2 Å². The van der Waals surface area contributed by atoms with Gasteiger partial charge in [0.2, 0.25) is 5.88 Å². The van der Waals surface area contributed by atoms with Crippen LogP contribution in [0.3, 0.4) is 0 Å². The van der Waals surface area contributed by atoms with E-state index in [0.717, 1.165) is 45.8 Å². The summed E-state index contributed by atoms with van der Waals surface area (Å²) in [5, 5.41) is 8.22. The zero-order valence-electron chi connectivity index (χ0n) is 16.7. The standard InChI is InChI=1S/C24H21ClN2O3/c1-13-21-22(15-4-3-5-18(10-15)29-2)23-19(26-24(21)30-27-13)11-16(12-20(23)28)14-6-8-17(25)9-7-14/h3-10,16,22,26H,11-12H2,1-2H3/t16-,22-/m1/s1. The first kappa shape index (κ1) is 18.9. The molecule has 0 unspecified atom stereocenters. The maximum absolute atomic E-state index is 13.5. The van der Waals surface area contributed by atoms with Gasteiger partial charge in [-0.2, -0.15) is 0 Å². The van der Waals surface area contributed by atoms with Gasteiger partial charge in [0.15, 0.2) is 5.78 Å². The zero-order chi connectivity index (χ0) is 20.8. The second kappa shape index (κ2) is 7.33. The average Bonchev–Trinajstić information content (AvgIpc) is 3.13. The van der Waals surface area contributed by atoms with Crippen molar-refractivity contribution < 1.29 is 14.1 Å².